The summed E-state index contributed by atoms with van der Waals surface area (Å²) in [4.78, 5) is 41.2. The molecule has 9 nitrogen and oxygen atoms in total. The Hall–Kier alpha value is -2.51. The van der Waals surface area contributed by atoms with Crippen LogP contribution in [-0.2, 0) is 4.57 Å². The van der Waals surface area contributed by atoms with Crippen LogP contribution < -0.4 is 4.52 Å². The fourth-order valence-electron chi connectivity index (χ4n) is 1.25. The van der Waals surface area contributed by atoms with Gasteiger partial charge in [-0.1, -0.05) is 0 Å². The number of benzene rings is 1. The molecule has 100 valence electrons. The van der Waals surface area contributed by atoms with Crippen LogP contribution in [0.15, 0.2) is 12.1 Å². The van der Waals surface area contributed by atoms with Crippen LogP contribution in [0.1, 0.15) is 31.1 Å². The molecule has 0 aliphatic rings. The molecule has 10 heteroatoms. The van der Waals surface area contributed by atoms with Gasteiger partial charge in [-0.05, 0) is 12.1 Å². The number of carboxylic acids is 3. The molecule has 0 radical (unpaired) electrons. The van der Waals surface area contributed by atoms with E-state index >= 15 is 0 Å². The molecule has 0 amide bonds. The number of aromatic carboxylic acids is 3. The van der Waals surface area contributed by atoms with Gasteiger partial charge in [0.2, 0.25) is 5.75 Å². The van der Waals surface area contributed by atoms with Crippen molar-refractivity contribution in [2.24, 2.45) is 0 Å². The minimum Gasteiger partial charge on any atom is -0.478 e. The van der Waals surface area contributed by atoms with E-state index in [0.717, 1.165) is 0 Å². The summed E-state index contributed by atoms with van der Waals surface area (Å²) >= 11 is 0. The Morgan fingerprint density at radius 1 is 0.947 bits per heavy atom. The Kier molecular flexibility index (Phi) is 4.15. The van der Waals surface area contributed by atoms with Gasteiger partial charge in [0.25, 0.3) is 0 Å². The summed E-state index contributed by atoms with van der Waals surface area (Å²) in [6.07, 6.45) is 0. The first kappa shape index (κ1) is 14.6. The number of hydrogen-bond donors (Lipinski definition) is 4. The van der Waals surface area contributed by atoms with Crippen molar-refractivity contribution in [2.75, 3.05) is 0 Å². The maximum atomic E-state index is 10.9. The van der Waals surface area contributed by atoms with E-state index in [1.54, 1.807) is 0 Å². The topological polar surface area (TPSA) is 158 Å². The van der Waals surface area contributed by atoms with Gasteiger partial charge in [0.15, 0.2) is 0 Å². The molecule has 0 heterocycles. The molecule has 1 aromatic rings. The monoisotopic (exact) mass is 289 g/mol. The molecule has 0 fully saturated rings. The Bertz CT molecular complexity index is 556. The quantitative estimate of drug-likeness (QED) is 0.575. The number of carboxylic acid groups (broad SMARTS) is 3. The van der Waals surface area contributed by atoms with Gasteiger partial charge in [0.1, 0.15) is 11.1 Å². The first-order chi connectivity index (χ1) is 8.73. The van der Waals surface area contributed by atoms with Gasteiger partial charge < -0.3 is 15.3 Å². The van der Waals surface area contributed by atoms with Gasteiger partial charge in [-0.3, -0.25) is 0 Å². The zero-order valence-electron chi connectivity index (χ0n) is 8.93. The van der Waals surface area contributed by atoms with Crippen LogP contribution in [0, 0.1) is 0 Å². The highest BCUT2D eigenvalue weighted by molar-refractivity contribution is 7.32. The zero-order chi connectivity index (χ0) is 14.7. The highest BCUT2D eigenvalue weighted by Gasteiger charge is 2.30. The molecule has 1 rings (SSSR count). The molecule has 0 spiro atoms. The third-order valence-electron chi connectivity index (χ3n) is 1.97. The third-order valence-corrected chi connectivity index (χ3v) is 2.30. The standard InChI is InChI=1S/C9H5O9P/c10-7(11)3-1-4(8(12)13)6(18-19(16)17)5(2-3)9(14)15/h1-2H,(H3-,10,11,12,13,14,15,16,17)/p+1. The van der Waals surface area contributed by atoms with Crippen LogP contribution in [0.2, 0.25) is 0 Å². The van der Waals surface area contributed by atoms with E-state index in [-0.39, 0.29) is 0 Å². The highest BCUT2D eigenvalue weighted by Crippen LogP contribution is 2.32. The first-order valence-electron chi connectivity index (χ1n) is 4.46. The Labute approximate surface area is 105 Å². The summed E-state index contributed by atoms with van der Waals surface area (Å²) in [5, 5.41) is 26.4. The average molecular weight is 289 g/mol. The lowest BCUT2D eigenvalue weighted by atomic mass is 10.0. The van der Waals surface area contributed by atoms with E-state index < -0.39 is 48.6 Å². The fourth-order valence-corrected chi connectivity index (χ4v) is 1.60. The summed E-state index contributed by atoms with van der Waals surface area (Å²) in [6.45, 7) is 0. The highest BCUT2D eigenvalue weighted by atomic mass is 31.1. The first-order valence-corrected chi connectivity index (χ1v) is 5.59. The van der Waals surface area contributed by atoms with E-state index in [1.807, 2.05) is 0 Å². The van der Waals surface area contributed by atoms with Crippen molar-refractivity contribution in [1.29, 1.82) is 0 Å². The van der Waals surface area contributed by atoms with Gasteiger partial charge in [-0.25, -0.2) is 18.9 Å². The van der Waals surface area contributed by atoms with Gasteiger partial charge in [-0.15, -0.1) is 4.89 Å². The second-order valence-corrected chi connectivity index (χ2v) is 3.80. The normalized spacial score (nSPS) is 10.7. The van der Waals surface area contributed by atoms with E-state index in [2.05, 4.69) is 4.52 Å². The summed E-state index contributed by atoms with van der Waals surface area (Å²) < 4.78 is 14.8. The zero-order valence-corrected chi connectivity index (χ0v) is 9.83. The molecule has 1 aromatic carbocycles. The Morgan fingerprint density at radius 2 is 1.37 bits per heavy atom. The van der Waals surface area contributed by atoms with Crippen molar-refractivity contribution >= 4 is 26.2 Å². The molecule has 19 heavy (non-hydrogen) atoms. The van der Waals surface area contributed by atoms with Crippen molar-refractivity contribution < 1.29 is 43.7 Å². The minimum atomic E-state index is -3.31. The van der Waals surface area contributed by atoms with Gasteiger partial charge >= 0.3 is 26.2 Å². The molecule has 4 N–H and O–H groups in total. The van der Waals surface area contributed by atoms with Gasteiger partial charge in [-0.2, -0.15) is 0 Å². The SMILES string of the molecule is O=C(O)c1cc(C(=O)O)c(O[P+](=O)O)c(C(=O)O)c1. The van der Waals surface area contributed by atoms with Crippen molar-refractivity contribution in [3.8, 4) is 5.75 Å². The van der Waals surface area contributed by atoms with Crippen molar-refractivity contribution in [3.05, 3.63) is 28.8 Å². The Morgan fingerprint density at radius 3 is 1.63 bits per heavy atom. The van der Waals surface area contributed by atoms with Crippen LogP contribution in [0.5, 0.6) is 5.75 Å². The Balaban J connectivity index is 3.64. The summed E-state index contributed by atoms with van der Waals surface area (Å²) in [6, 6.07) is 1.26. The van der Waals surface area contributed by atoms with Crippen LogP contribution in [-0.4, -0.2) is 38.1 Å². The second kappa shape index (κ2) is 5.42. The average Bonchev–Trinajstić information content (AvgIpc) is 2.27. The maximum Gasteiger partial charge on any atom is 0.747 e. The number of hydrogen-bond acceptors (Lipinski definition) is 5. The molecular formula is C9H6O9P+. The second-order valence-electron chi connectivity index (χ2n) is 3.15. The van der Waals surface area contributed by atoms with Crippen molar-refractivity contribution in [1.82, 2.24) is 0 Å². The number of carbonyl (C=O) groups is 3. The summed E-state index contributed by atoms with van der Waals surface area (Å²) in [7, 11) is -3.31. The van der Waals surface area contributed by atoms with Gasteiger partial charge in [0.05, 0.1) is 5.56 Å². The third kappa shape index (κ3) is 3.24. The lowest BCUT2D eigenvalue weighted by Gasteiger charge is -2.05. The molecular weight excluding hydrogens is 283 g/mol. The lowest BCUT2D eigenvalue weighted by molar-refractivity contribution is 0.0693. The maximum absolute atomic E-state index is 10.9. The fraction of sp³-hybridized carbons (Fsp3) is 0. The molecule has 0 saturated carbocycles. The molecule has 0 aromatic heterocycles. The van der Waals surface area contributed by atoms with Crippen LogP contribution in [0.3, 0.4) is 0 Å². The van der Waals surface area contributed by atoms with Crippen LogP contribution >= 0.6 is 8.25 Å². The summed E-state index contributed by atoms with van der Waals surface area (Å²) in [5.41, 5.74) is -2.28. The van der Waals surface area contributed by atoms with E-state index in [0.29, 0.717) is 12.1 Å². The van der Waals surface area contributed by atoms with Gasteiger partial charge in [0, 0.05) is 4.57 Å². The predicted octanol–water partition coefficient (Wildman–Crippen LogP) is 0.810. The summed E-state index contributed by atoms with van der Waals surface area (Å²) in [5.74, 6) is -5.83. The van der Waals surface area contributed by atoms with E-state index in [9.17, 15) is 18.9 Å². The smallest absolute Gasteiger partial charge is 0.478 e. The van der Waals surface area contributed by atoms with Crippen molar-refractivity contribution in [3.63, 3.8) is 0 Å². The molecule has 0 saturated heterocycles. The van der Waals surface area contributed by atoms with E-state index in [4.69, 9.17) is 20.2 Å². The molecule has 0 bridgehead atoms. The van der Waals surface area contributed by atoms with Crippen molar-refractivity contribution in [2.45, 2.75) is 0 Å². The van der Waals surface area contributed by atoms with Crippen LogP contribution in [0.4, 0.5) is 0 Å². The molecule has 1 unspecified atom stereocenters. The minimum absolute atomic E-state index is 0.602. The molecule has 0 aliphatic carbocycles. The van der Waals surface area contributed by atoms with E-state index in [1.165, 1.54) is 0 Å². The van der Waals surface area contributed by atoms with Crippen LogP contribution in [0.25, 0.3) is 0 Å². The largest absolute Gasteiger partial charge is 0.747 e. The predicted molar refractivity (Wildman–Crippen MR) is 57.8 cm³/mol. The molecule has 1 atom stereocenters. The molecule has 0 aliphatic heterocycles. The lowest BCUT2D eigenvalue weighted by Crippen LogP contribution is -2.10. The number of rotatable bonds is 5.